The fourth-order valence-corrected chi connectivity index (χ4v) is 1.46. The second-order valence-electron chi connectivity index (χ2n) is 4.33. The molecule has 2 rings (SSSR count). The molecule has 0 aromatic carbocycles. The number of aromatic nitrogens is 1. The lowest BCUT2D eigenvalue weighted by Gasteiger charge is -2.09. The average Bonchev–Trinajstić information content (AvgIpc) is 2.84. The molecule has 14 heavy (non-hydrogen) atoms. The summed E-state index contributed by atoms with van der Waals surface area (Å²) in [5.74, 6) is 0.210. The van der Waals surface area contributed by atoms with Gasteiger partial charge < -0.3 is 5.32 Å². The first-order chi connectivity index (χ1) is 6.68. The number of rotatable bonds is 4. The highest BCUT2D eigenvalue weighted by Crippen LogP contribution is 2.47. The SMILES string of the molecule is CC1(CCNc2cccc(F)n2)CC1. The smallest absolute Gasteiger partial charge is 0.214 e. The zero-order chi connectivity index (χ0) is 10.0. The monoisotopic (exact) mass is 194 g/mol. The third kappa shape index (κ3) is 2.44. The largest absolute Gasteiger partial charge is 0.370 e. The van der Waals surface area contributed by atoms with Crippen LogP contribution in [0.2, 0.25) is 0 Å². The van der Waals surface area contributed by atoms with Crippen molar-refractivity contribution in [2.24, 2.45) is 5.41 Å². The van der Waals surface area contributed by atoms with E-state index in [4.69, 9.17) is 0 Å². The summed E-state index contributed by atoms with van der Waals surface area (Å²) in [4.78, 5) is 3.74. The van der Waals surface area contributed by atoms with Gasteiger partial charge in [0.05, 0.1) is 0 Å². The van der Waals surface area contributed by atoms with Crippen molar-refractivity contribution >= 4 is 5.82 Å². The molecule has 1 saturated carbocycles. The topological polar surface area (TPSA) is 24.9 Å². The first-order valence-corrected chi connectivity index (χ1v) is 5.04. The fourth-order valence-electron chi connectivity index (χ4n) is 1.46. The maximum absolute atomic E-state index is 12.7. The molecule has 76 valence electrons. The molecular weight excluding hydrogens is 179 g/mol. The van der Waals surface area contributed by atoms with Crippen LogP contribution in [0.5, 0.6) is 0 Å². The van der Waals surface area contributed by atoms with Crippen LogP contribution in [0.25, 0.3) is 0 Å². The summed E-state index contributed by atoms with van der Waals surface area (Å²) in [7, 11) is 0. The van der Waals surface area contributed by atoms with E-state index in [1.165, 1.54) is 18.9 Å². The van der Waals surface area contributed by atoms with Gasteiger partial charge in [0.15, 0.2) is 0 Å². The van der Waals surface area contributed by atoms with Gasteiger partial charge in [0.1, 0.15) is 5.82 Å². The van der Waals surface area contributed by atoms with Crippen LogP contribution in [0.3, 0.4) is 0 Å². The van der Waals surface area contributed by atoms with E-state index in [-0.39, 0.29) is 0 Å². The van der Waals surface area contributed by atoms with Crippen LogP contribution in [0.4, 0.5) is 10.2 Å². The molecule has 0 atom stereocenters. The predicted octanol–water partition coefficient (Wildman–Crippen LogP) is 2.82. The number of nitrogens with zero attached hydrogens (tertiary/aromatic N) is 1. The average molecular weight is 194 g/mol. The molecule has 1 heterocycles. The molecule has 0 bridgehead atoms. The molecule has 0 saturated heterocycles. The molecule has 1 aromatic rings. The lowest BCUT2D eigenvalue weighted by atomic mass is 10.1. The van der Waals surface area contributed by atoms with Crippen LogP contribution in [0, 0.1) is 11.4 Å². The normalized spacial score (nSPS) is 17.9. The Morgan fingerprint density at radius 3 is 2.93 bits per heavy atom. The van der Waals surface area contributed by atoms with Gasteiger partial charge in [0.2, 0.25) is 5.95 Å². The highest BCUT2D eigenvalue weighted by atomic mass is 19.1. The van der Waals surface area contributed by atoms with Crippen LogP contribution in [0.15, 0.2) is 18.2 Å². The molecule has 1 fully saturated rings. The Labute approximate surface area is 83.6 Å². The second-order valence-corrected chi connectivity index (χ2v) is 4.33. The van der Waals surface area contributed by atoms with Gasteiger partial charge in [-0.05, 0) is 36.8 Å². The minimum absolute atomic E-state index is 0.423. The zero-order valence-electron chi connectivity index (χ0n) is 8.39. The Morgan fingerprint density at radius 1 is 1.50 bits per heavy atom. The van der Waals surface area contributed by atoms with Gasteiger partial charge in [-0.15, -0.1) is 0 Å². The molecule has 1 aliphatic carbocycles. The van der Waals surface area contributed by atoms with Crippen LogP contribution in [-0.4, -0.2) is 11.5 Å². The lowest BCUT2D eigenvalue weighted by Crippen LogP contribution is -2.08. The Bertz CT molecular complexity index is 321. The lowest BCUT2D eigenvalue weighted by molar-refractivity contribution is 0.534. The van der Waals surface area contributed by atoms with Gasteiger partial charge in [0.25, 0.3) is 0 Å². The number of hydrogen-bond donors (Lipinski definition) is 1. The van der Waals surface area contributed by atoms with Crippen molar-refractivity contribution in [1.29, 1.82) is 0 Å². The van der Waals surface area contributed by atoms with Crippen LogP contribution in [0.1, 0.15) is 26.2 Å². The number of nitrogens with one attached hydrogen (secondary N) is 1. The molecule has 0 radical (unpaired) electrons. The molecule has 0 amide bonds. The van der Waals surface area contributed by atoms with E-state index in [2.05, 4.69) is 17.2 Å². The van der Waals surface area contributed by atoms with Crippen molar-refractivity contribution in [1.82, 2.24) is 4.98 Å². The van der Waals surface area contributed by atoms with Crippen molar-refractivity contribution in [3.63, 3.8) is 0 Å². The summed E-state index contributed by atoms with van der Waals surface area (Å²) >= 11 is 0. The standard InChI is InChI=1S/C11H15FN2/c1-11(5-6-11)7-8-13-10-4-2-3-9(12)14-10/h2-4H,5-8H2,1H3,(H,13,14). The maximum atomic E-state index is 12.7. The van der Waals surface area contributed by atoms with E-state index in [1.807, 2.05) is 0 Å². The van der Waals surface area contributed by atoms with Gasteiger partial charge in [-0.2, -0.15) is 4.39 Å². The molecule has 0 aliphatic heterocycles. The Hall–Kier alpha value is -1.12. The minimum atomic E-state index is -0.423. The molecule has 0 unspecified atom stereocenters. The van der Waals surface area contributed by atoms with E-state index in [9.17, 15) is 4.39 Å². The Morgan fingerprint density at radius 2 is 2.29 bits per heavy atom. The third-order valence-corrected chi connectivity index (χ3v) is 2.85. The number of anilines is 1. The molecule has 2 nitrogen and oxygen atoms in total. The number of hydrogen-bond acceptors (Lipinski definition) is 2. The van der Waals surface area contributed by atoms with E-state index in [1.54, 1.807) is 12.1 Å². The maximum Gasteiger partial charge on any atom is 0.214 e. The first-order valence-electron chi connectivity index (χ1n) is 5.04. The summed E-state index contributed by atoms with van der Waals surface area (Å²) in [5.41, 5.74) is 0.542. The molecule has 1 N–H and O–H groups in total. The van der Waals surface area contributed by atoms with Crippen LogP contribution in [-0.2, 0) is 0 Å². The highest BCUT2D eigenvalue weighted by Gasteiger charge is 2.36. The molecule has 1 aromatic heterocycles. The Balaban J connectivity index is 1.80. The van der Waals surface area contributed by atoms with E-state index < -0.39 is 5.95 Å². The Kier molecular flexibility index (Phi) is 2.40. The van der Waals surface area contributed by atoms with Gasteiger partial charge in [-0.3, -0.25) is 0 Å². The van der Waals surface area contributed by atoms with E-state index in [0.29, 0.717) is 11.2 Å². The molecular formula is C11H15FN2. The van der Waals surface area contributed by atoms with E-state index in [0.717, 1.165) is 13.0 Å². The molecule has 3 heteroatoms. The van der Waals surface area contributed by atoms with Gasteiger partial charge in [0, 0.05) is 6.54 Å². The van der Waals surface area contributed by atoms with Crippen molar-refractivity contribution in [3.8, 4) is 0 Å². The molecule has 1 aliphatic rings. The van der Waals surface area contributed by atoms with Crippen molar-refractivity contribution < 1.29 is 4.39 Å². The zero-order valence-corrected chi connectivity index (χ0v) is 8.39. The summed E-state index contributed by atoms with van der Waals surface area (Å²) in [6, 6.07) is 4.81. The second kappa shape index (κ2) is 3.56. The van der Waals surface area contributed by atoms with Gasteiger partial charge in [-0.25, -0.2) is 4.98 Å². The predicted molar refractivity (Wildman–Crippen MR) is 54.6 cm³/mol. The highest BCUT2D eigenvalue weighted by molar-refractivity contribution is 5.33. The van der Waals surface area contributed by atoms with Gasteiger partial charge in [-0.1, -0.05) is 13.0 Å². The summed E-state index contributed by atoms with van der Waals surface area (Å²) in [6.07, 6.45) is 3.79. The van der Waals surface area contributed by atoms with Crippen molar-refractivity contribution in [2.75, 3.05) is 11.9 Å². The first kappa shape index (κ1) is 9.44. The number of halogens is 1. The minimum Gasteiger partial charge on any atom is -0.370 e. The van der Waals surface area contributed by atoms with Gasteiger partial charge >= 0.3 is 0 Å². The van der Waals surface area contributed by atoms with E-state index >= 15 is 0 Å². The quantitative estimate of drug-likeness (QED) is 0.745. The summed E-state index contributed by atoms with van der Waals surface area (Å²) < 4.78 is 12.7. The number of pyridine rings is 1. The third-order valence-electron chi connectivity index (χ3n) is 2.85. The van der Waals surface area contributed by atoms with Crippen LogP contribution < -0.4 is 5.32 Å². The van der Waals surface area contributed by atoms with Crippen LogP contribution >= 0.6 is 0 Å². The van der Waals surface area contributed by atoms with Crippen molar-refractivity contribution in [3.05, 3.63) is 24.1 Å². The fraction of sp³-hybridized carbons (Fsp3) is 0.545. The summed E-state index contributed by atoms with van der Waals surface area (Å²) in [6.45, 7) is 3.17. The molecule has 0 spiro atoms. The summed E-state index contributed by atoms with van der Waals surface area (Å²) in [5, 5.41) is 3.13. The van der Waals surface area contributed by atoms with Crippen molar-refractivity contribution in [2.45, 2.75) is 26.2 Å².